The number of hydrogen-bond donors (Lipinski definition) is 1. The molecule has 0 radical (unpaired) electrons. The largest absolute Gasteiger partial charge is 0.334 e. The lowest BCUT2D eigenvalue weighted by Crippen LogP contribution is -2.38. The molecule has 1 fully saturated rings. The fraction of sp³-hybridized carbons (Fsp3) is 0.727. The molecule has 1 aromatic rings. The van der Waals surface area contributed by atoms with Crippen LogP contribution in [0.4, 0.5) is 0 Å². The first-order valence-electron chi connectivity index (χ1n) is 6.19. The fourth-order valence-corrected chi connectivity index (χ4v) is 3.59. The van der Waals surface area contributed by atoms with Gasteiger partial charge in [0, 0.05) is 32.4 Å². The van der Waals surface area contributed by atoms with Crippen LogP contribution >= 0.6 is 0 Å². The summed E-state index contributed by atoms with van der Waals surface area (Å²) in [4.78, 5) is 4.16. The third kappa shape index (κ3) is 2.30. The van der Waals surface area contributed by atoms with Crippen LogP contribution in [-0.2, 0) is 16.6 Å². The maximum Gasteiger partial charge on any atom is 0.262 e. The molecule has 1 unspecified atom stereocenters. The number of sulfonamides is 1. The Morgan fingerprint density at radius 2 is 2.33 bits per heavy atom. The molecular weight excluding hydrogens is 252 g/mol. The number of rotatable bonds is 4. The Balaban J connectivity index is 2.28. The van der Waals surface area contributed by atoms with Gasteiger partial charge < -0.3 is 9.88 Å². The van der Waals surface area contributed by atoms with Crippen molar-refractivity contribution in [2.45, 2.75) is 37.9 Å². The molecule has 1 aliphatic heterocycles. The number of nitrogens with one attached hydrogen (secondary N) is 1. The summed E-state index contributed by atoms with van der Waals surface area (Å²) in [6.07, 6.45) is 2.47. The predicted octanol–water partition coefficient (Wildman–Crippen LogP) is 0.194. The molecule has 0 saturated carbocycles. The minimum atomic E-state index is -3.47. The molecule has 18 heavy (non-hydrogen) atoms. The second kappa shape index (κ2) is 4.99. The molecule has 0 bridgehead atoms. The summed E-state index contributed by atoms with van der Waals surface area (Å²) in [6, 6.07) is 0.0297. The standard InChI is InChI=1S/C11H20N4O2S/c1-4-15-8-11(13-9(15)2)18(16,17)14(3)10-5-6-12-7-10/h8,10,12H,4-7H2,1-3H3. The van der Waals surface area contributed by atoms with Gasteiger partial charge in [0.25, 0.3) is 10.0 Å². The molecule has 0 aliphatic carbocycles. The molecule has 102 valence electrons. The maximum absolute atomic E-state index is 12.4. The summed E-state index contributed by atoms with van der Waals surface area (Å²) in [5.74, 6) is 0.731. The molecule has 1 saturated heterocycles. The van der Waals surface area contributed by atoms with E-state index in [4.69, 9.17) is 0 Å². The number of nitrogens with zero attached hydrogens (tertiary/aromatic N) is 3. The van der Waals surface area contributed by atoms with Gasteiger partial charge in [-0.25, -0.2) is 13.4 Å². The molecule has 1 N–H and O–H groups in total. The summed E-state index contributed by atoms with van der Waals surface area (Å²) in [6.45, 7) is 6.09. The summed E-state index contributed by atoms with van der Waals surface area (Å²) in [7, 11) is -1.84. The van der Waals surface area contributed by atoms with Gasteiger partial charge in [0.1, 0.15) is 5.82 Å². The van der Waals surface area contributed by atoms with Crippen molar-refractivity contribution >= 4 is 10.0 Å². The van der Waals surface area contributed by atoms with E-state index in [0.717, 1.165) is 25.3 Å². The van der Waals surface area contributed by atoms with Crippen LogP contribution in [0.25, 0.3) is 0 Å². The van der Waals surface area contributed by atoms with Crippen LogP contribution in [0, 0.1) is 6.92 Å². The lowest BCUT2D eigenvalue weighted by Gasteiger charge is -2.21. The maximum atomic E-state index is 12.4. The van der Waals surface area contributed by atoms with E-state index in [-0.39, 0.29) is 11.1 Å². The van der Waals surface area contributed by atoms with Crippen molar-refractivity contribution in [3.8, 4) is 0 Å². The van der Waals surface area contributed by atoms with Crippen LogP contribution in [0.2, 0.25) is 0 Å². The first kappa shape index (κ1) is 13.5. The first-order chi connectivity index (χ1) is 8.46. The van der Waals surface area contributed by atoms with E-state index in [9.17, 15) is 8.42 Å². The molecule has 6 nitrogen and oxygen atoms in total. The van der Waals surface area contributed by atoms with E-state index < -0.39 is 10.0 Å². The summed E-state index contributed by atoms with van der Waals surface area (Å²) >= 11 is 0. The number of imidazole rings is 1. The van der Waals surface area contributed by atoms with E-state index >= 15 is 0 Å². The zero-order valence-corrected chi connectivity index (χ0v) is 11.9. The molecule has 2 rings (SSSR count). The van der Waals surface area contributed by atoms with Crippen molar-refractivity contribution in [3.63, 3.8) is 0 Å². The van der Waals surface area contributed by atoms with Crippen molar-refractivity contribution in [1.29, 1.82) is 0 Å². The van der Waals surface area contributed by atoms with Gasteiger partial charge in [-0.3, -0.25) is 0 Å². The molecule has 0 amide bonds. The zero-order valence-electron chi connectivity index (χ0n) is 11.0. The van der Waals surface area contributed by atoms with Crippen molar-refractivity contribution in [3.05, 3.63) is 12.0 Å². The van der Waals surface area contributed by atoms with Crippen LogP contribution in [0.1, 0.15) is 19.2 Å². The molecule has 1 aromatic heterocycles. The van der Waals surface area contributed by atoms with E-state index in [2.05, 4.69) is 10.3 Å². The van der Waals surface area contributed by atoms with Crippen LogP contribution < -0.4 is 5.32 Å². The van der Waals surface area contributed by atoms with Crippen LogP contribution in [0.5, 0.6) is 0 Å². The van der Waals surface area contributed by atoms with Gasteiger partial charge in [-0.15, -0.1) is 0 Å². The average Bonchev–Trinajstić information content (AvgIpc) is 2.96. The van der Waals surface area contributed by atoms with Gasteiger partial charge in [0.05, 0.1) is 0 Å². The highest BCUT2D eigenvalue weighted by Gasteiger charge is 2.31. The van der Waals surface area contributed by atoms with Crippen LogP contribution in [-0.4, -0.2) is 48.5 Å². The highest BCUT2D eigenvalue weighted by Crippen LogP contribution is 2.18. The SMILES string of the molecule is CCn1cc(S(=O)(=O)N(C)C2CCNC2)nc1C. The zero-order chi connectivity index (χ0) is 13.3. The molecule has 0 spiro atoms. The van der Waals surface area contributed by atoms with Gasteiger partial charge in [0.15, 0.2) is 5.03 Å². The average molecular weight is 272 g/mol. The first-order valence-corrected chi connectivity index (χ1v) is 7.63. The second-order valence-electron chi connectivity index (χ2n) is 4.58. The molecule has 7 heteroatoms. The summed E-state index contributed by atoms with van der Waals surface area (Å²) in [5.41, 5.74) is 0. The van der Waals surface area contributed by atoms with E-state index in [1.807, 2.05) is 18.4 Å². The van der Waals surface area contributed by atoms with Crippen LogP contribution in [0.3, 0.4) is 0 Å². The van der Waals surface area contributed by atoms with Crippen molar-refractivity contribution < 1.29 is 8.42 Å². The van der Waals surface area contributed by atoms with Gasteiger partial charge in [-0.05, 0) is 26.8 Å². The van der Waals surface area contributed by atoms with Crippen LogP contribution in [0.15, 0.2) is 11.2 Å². The molecule has 1 atom stereocenters. The summed E-state index contributed by atoms with van der Waals surface area (Å²) < 4.78 is 28.1. The monoisotopic (exact) mass is 272 g/mol. The number of hydrogen-bond acceptors (Lipinski definition) is 4. The van der Waals surface area contributed by atoms with Gasteiger partial charge in [0.2, 0.25) is 0 Å². The highest BCUT2D eigenvalue weighted by atomic mass is 32.2. The van der Waals surface area contributed by atoms with Gasteiger partial charge in [-0.1, -0.05) is 0 Å². The summed E-state index contributed by atoms with van der Waals surface area (Å²) in [5, 5.41) is 3.32. The van der Waals surface area contributed by atoms with Gasteiger partial charge >= 0.3 is 0 Å². The Bertz CT molecular complexity index is 517. The van der Waals surface area contributed by atoms with Gasteiger partial charge in [-0.2, -0.15) is 4.31 Å². The fourth-order valence-electron chi connectivity index (χ4n) is 2.22. The Labute approximate surface area is 108 Å². The van der Waals surface area contributed by atoms with E-state index in [0.29, 0.717) is 6.54 Å². The number of aryl methyl sites for hydroxylation is 2. The van der Waals surface area contributed by atoms with E-state index in [1.54, 1.807) is 13.2 Å². The molecule has 1 aliphatic rings. The quantitative estimate of drug-likeness (QED) is 0.850. The topological polar surface area (TPSA) is 67.2 Å². The Kier molecular flexibility index (Phi) is 3.74. The predicted molar refractivity (Wildman–Crippen MR) is 68.9 cm³/mol. The molecular formula is C11H20N4O2S. The van der Waals surface area contributed by atoms with E-state index in [1.165, 1.54) is 4.31 Å². The Morgan fingerprint density at radius 3 is 2.83 bits per heavy atom. The lowest BCUT2D eigenvalue weighted by molar-refractivity contribution is 0.386. The third-order valence-corrected chi connectivity index (χ3v) is 5.27. The van der Waals surface area contributed by atoms with Crippen molar-refractivity contribution in [2.75, 3.05) is 20.1 Å². The number of aromatic nitrogens is 2. The smallest absolute Gasteiger partial charge is 0.262 e. The van der Waals surface area contributed by atoms with Crippen molar-refractivity contribution in [2.24, 2.45) is 0 Å². The minimum Gasteiger partial charge on any atom is -0.334 e. The minimum absolute atomic E-state index is 0.0297. The lowest BCUT2D eigenvalue weighted by atomic mass is 10.3. The number of likely N-dealkylation sites (N-methyl/N-ethyl adjacent to an activating group) is 1. The molecule has 0 aromatic carbocycles. The third-order valence-electron chi connectivity index (χ3n) is 3.49. The Morgan fingerprint density at radius 1 is 1.61 bits per heavy atom. The second-order valence-corrected chi connectivity index (χ2v) is 6.52. The van der Waals surface area contributed by atoms with Crippen molar-refractivity contribution in [1.82, 2.24) is 19.2 Å². The molecule has 2 heterocycles. The highest BCUT2D eigenvalue weighted by molar-refractivity contribution is 7.89. The Hall–Kier alpha value is -0.920. The normalized spacial score (nSPS) is 20.8.